The molecule has 1 aromatic rings. The van der Waals surface area contributed by atoms with Crippen LogP contribution in [0.4, 0.5) is 0 Å². The van der Waals surface area contributed by atoms with Gasteiger partial charge in [-0.1, -0.05) is 64.0 Å². The van der Waals surface area contributed by atoms with Crippen LogP contribution in [0.15, 0.2) is 24.3 Å². The minimum absolute atomic E-state index is 0.00744. The lowest BCUT2D eigenvalue weighted by Crippen LogP contribution is -2.31. The third-order valence-electron chi connectivity index (χ3n) is 4.51. The Hall–Kier alpha value is -1.37. The van der Waals surface area contributed by atoms with Crippen LogP contribution in [0.5, 0.6) is 0 Å². The summed E-state index contributed by atoms with van der Waals surface area (Å²) in [6, 6.07) is 9.73. The third kappa shape index (κ3) is 6.33. The van der Waals surface area contributed by atoms with Crippen molar-refractivity contribution in [2.75, 3.05) is 13.2 Å². The van der Waals surface area contributed by atoms with E-state index in [-0.39, 0.29) is 12.2 Å². The van der Waals surface area contributed by atoms with Gasteiger partial charge in [0.15, 0.2) is 0 Å². The number of hydrogen-bond acceptors (Lipinski definition) is 3. The van der Waals surface area contributed by atoms with Crippen LogP contribution in [0.3, 0.4) is 0 Å². The monoisotopic (exact) mass is 315 g/mol. The molecule has 1 aliphatic heterocycles. The largest absolute Gasteiger partial charge is 0.373 e. The molecule has 0 spiro atoms. The van der Waals surface area contributed by atoms with E-state index in [4.69, 9.17) is 14.7 Å². The summed E-state index contributed by atoms with van der Waals surface area (Å²) in [6.07, 6.45) is 10.7. The van der Waals surface area contributed by atoms with Crippen molar-refractivity contribution < 1.29 is 9.47 Å². The zero-order chi connectivity index (χ0) is 16.3. The molecule has 3 nitrogen and oxygen atoms in total. The molecule has 1 fully saturated rings. The molecule has 2 unspecified atom stereocenters. The van der Waals surface area contributed by atoms with E-state index in [1.807, 2.05) is 24.3 Å². The van der Waals surface area contributed by atoms with Crippen molar-refractivity contribution in [2.45, 2.75) is 70.5 Å². The van der Waals surface area contributed by atoms with Gasteiger partial charge >= 0.3 is 0 Å². The molecule has 1 saturated heterocycles. The molecule has 2 rings (SSSR count). The fourth-order valence-corrected chi connectivity index (χ4v) is 3.00. The van der Waals surface area contributed by atoms with Crippen LogP contribution in [-0.4, -0.2) is 19.3 Å². The highest BCUT2D eigenvalue weighted by molar-refractivity contribution is 5.32. The molecular weight excluding hydrogens is 286 g/mol. The van der Waals surface area contributed by atoms with Gasteiger partial charge in [0.05, 0.1) is 31.0 Å². The Bertz CT molecular complexity index is 469. The highest BCUT2D eigenvalue weighted by Crippen LogP contribution is 2.25. The summed E-state index contributed by atoms with van der Waals surface area (Å²) < 4.78 is 11.9. The number of rotatable bonds is 9. The summed E-state index contributed by atoms with van der Waals surface area (Å²) in [5.74, 6) is 0. The number of nitriles is 1. The maximum absolute atomic E-state index is 8.83. The topological polar surface area (TPSA) is 42.2 Å². The summed E-state index contributed by atoms with van der Waals surface area (Å²) in [5, 5.41) is 8.83. The summed E-state index contributed by atoms with van der Waals surface area (Å²) >= 11 is 0. The van der Waals surface area contributed by atoms with Crippen LogP contribution in [0.25, 0.3) is 0 Å². The van der Waals surface area contributed by atoms with Crippen LogP contribution in [0, 0.1) is 11.3 Å². The maximum Gasteiger partial charge on any atom is 0.106 e. The molecule has 126 valence electrons. The van der Waals surface area contributed by atoms with Crippen molar-refractivity contribution in [3.8, 4) is 6.07 Å². The van der Waals surface area contributed by atoms with E-state index in [1.165, 1.54) is 44.9 Å². The van der Waals surface area contributed by atoms with E-state index < -0.39 is 0 Å². The lowest BCUT2D eigenvalue weighted by molar-refractivity contribution is -0.137. The summed E-state index contributed by atoms with van der Waals surface area (Å²) in [6.45, 7) is 3.55. The second kappa shape index (κ2) is 10.4. The Labute approximate surface area is 140 Å². The van der Waals surface area contributed by atoms with E-state index in [0.29, 0.717) is 18.8 Å². The highest BCUT2D eigenvalue weighted by atomic mass is 16.6. The van der Waals surface area contributed by atoms with Gasteiger partial charge in [0.25, 0.3) is 0 Å². The molecule has 1 aromatic carbocycles. The van der Waals surface area contributed by atoms with Crippen molar-refractivity contribution in [2.24, 2.45) is 0 Å². The van der Waals surface area contributed by atoms with E-state index in [1.54, 1.807) is 0 Å². The molecule has 0 N–H and O–H groups in total. The maximum atomic E-state index is 8.83. The molecule has 1 aliphatic rings. The second-order valence-electron chi connectivity index (χ2n) is 6.42. The normalized spacial score (nSPS) is 21.0. The molecule has 0 aliphatic carbocycles. The number of benzene rings is 1. The second-order valence-corrected chi connectivity index (χ2v) is 6.42. The van der Waals surface area contributed by atoms with Gasteiger partial charge in [-0.3, -0.25) is 0 Å². The summed E-state index contributed by atoms with van der Waals surface area (Å²) in [5.41, 5.74) is 1.78. The Balaban J connectivity index is 1.59. The summed E-state index contributed by atoms with van der Waals surface area (Å²) in [4.78, 5) is 0. The van der Waals surface area contributed by atoms with Gasteiger partial charge < -0.3 is 9.47 Å². The lowest BCUT2D eigenvalue weighted by atomic mass is 10.0. The lowest BCUT2D eigenvalue weighted by Gasteiger charge is -2.30. The van der Waals surface area contributed by atoms with E-state index in [2.05, 4.69) is 13.0 Å². The average molecular weight is 315 g/mol. The van der Waals surface area contributed by atoms with Crippen LogP contribution >= 0.6 is 0 Å². The molecular formula is C20H29NO2. The van der Waals surface area contributed by atoms with Crippen molar-refractivity contribution >= 4 is 0 Å². The zero-order valence-electron chi connectivity index (χ0n) is 14.3. The van der Waals surface area contributed by atoms with E-state index >= 15 is 0 Å². The minimum atomic E-state index is 0.00744. The first-order chi connectivity index (χ1) is 11.3. The van der Waals surface area contributed by atoms with Crippen LogP contribution in [0.1, 0.15) is 75.5 Å². The van der Waals surface area contributed by atoms with E-state index in [9.17, 15) is 0 Å². The molecule has 0 aromatic heterocycles. The number of nitrogens with zero attached hydrogens (tertiary/aromatic N) is 1. The molecule has 0 radical (unpaired) electrons. The van der Waals surface area contributed by atoms with Crippen LogP contribution in [0.2, 0.25) is 0 Å². The molecule has 1 heterocycles. The Morgan fingerprint density at radius 2 is 1.65 bits per heavy atom. The van der Waals surface area contributed by atoms with Gasteiger partial charge in [-0.15, -0.1) is 0 Å². The fraction of sp³-hybridized carbons (Fsp3) is 0.650. The first kappa shape index (κ1) is 18.0. The Kier molecular flexibility index (Phi) is 8.14. The fourth-order valence-electron chi connectivity index (χ4n) is 3.00. The van der Waals surface area contributed by atoms with Crippen molar-refractivity contribution in [1.29, 1.82) is 5.26 Å². The van der Waals surface area contributed by atoms with Crippen molar-refractivity contribution in [1.82, 2.24) is 0 Å². The van der Waals surface area contributed by atoms with Gasteiger partial charge in [-0.25, -0.2) is 0 Å². The van der Waals surface area contributed by atoms with E-state index in [0.717, 1.165) is 12.0 Å². The standard InChI is InChI=1S/C20H29NO2/c1-2-3-4-5-6-7-8-9-19-15-23-20(16-22-19)18-12-10-17(14-21)11-13-18/h10-13,19-20H,2-9,15-16H2,1H3. The molecule has 0 saturated carbocycles. The third-order valence-corrected chi connectivity index (χ3v) is 4.51. The van der Waals surface area contributed by atoms with Gasteiger partial charge in [0.2, 0.25) is 0 Å². The molecule has 23 heavy (non-hydrogen) atoms. The SMILES string of the molecule is CCCCCCCCCC1COC(c2ccc(C#N)cc2)CO1. The zero-order valence-corrected chi connectivity index (χ0v) is 14.3. The van der Waals surface area contributed by atoms with Crippen molar-refractivity contribution in [3.05, 3.63) is 35.4 Å². The predicted molar refractivity (Wildman–Crippen MR) is 92.2 cm³/mol. The first-order valence-corrected chi connectivity index (χ1v) is 9.06. The average Bonchev–Trinajstić information content (AvgIpc) is 2.61. The molecule has 2 atom stereocenters. The summed E-state index contributed by atoms with van der Waals surface area (Å²) in [7, 11) is 0. The Morgan fingerprint density at radius 1 is 0.957 bits per heavy atom. The highest BCUT2D eigenvalue weighted by Gasteiger charge is 2.23. The quantitative estimate of drug-likeness (QED) is 0.591. The molecule has 3 heteroatoms. The number of unbranched alkanes of at least 4 members (excludes halogenated alkanes) is 6. The smallest absolute Gasteiger partial charge is 0.106 e. The number of ether oxygens (including phenoxy) is 2. The molecule has 0 amide bonds. The first-order valence-electron chi connectivity index (χ1n) is 9.06. The van der Waals surface area contributed by atoms with Crippen LogP contribution < -0.4 is 0 Å². The van der Waals surface area contributed by atoms with Crippen LogP contribution in [-0.2, 0) is 9.47 Å². The predicted octanol–water partition coefficient (Wildman–Crippen LogP) is 5.16. The van der Waals surface area contributed by atoms with Gasteiger partial charge in [-0.05, 0) is 24.1 Å². The Morgan fingerprint density at radius 3 is 2.26 bits per heavy atom. The van der Waals surface area contributed by atoms with Gasteiger partial charge in [0, 0.05) is 0 Å². The van der Waals surface area contributed by atoms with Gasteiger partial charge in [-0.2, -0.15) is 5.26 Å². The minimum Gasteiger partial charge on any atom is -0.373 e. The van der Waals surface area contributed by atoms with Crippen molar-refractivity contribution in [3.63, 3.8) is 0 Å². The molecule has 0 bridgehead atoms. The van der Waals surface area contributed by atoms with Gasteiger partial charge in [0.1, 0.15) is 6.10 Å². The number of hydrogen-bond donors (Lipinski definition) is 0.